The van der Waals surface area contributed by atoms with Crippen LogP contribution >= 0.6 is 0 Å². The summed E-state index contributed by atoms with van der Waals surface area (Å²) in [5, 5.41) is 17.4. The molecule has 0 aliphatic heterocycles. The van der Waals surface area contributed by atoms with E-state index in [0.29, 0.717) is 6.42 Å². The van der Waals surface area contributed by atoms with Crippen LogP contribution in [0.3, 0.4) is 0 Å². The summed E-state index contributed by atoms with van der Waals surface area (Å²) in [5.74, 6) is 0. The SMILES string of the molecule is CCCCC(N)(O)CO. The molecular formula is C6H15NO2. The van der Waals surface area contributed by atoms with Crippen molar-refractivity contribution >= 4 is 0 Å². The Morgan fingerprint density at radius 3 is 2.44 bits per heavy atom. The highest BCUT2D eigenvalue weighted by atomic mass is 16.3. The summed E-state index contributed by atoms with van der Waals surface area (Å²) in [6, 6.07) is 0. The largest absolute Gasteiger partial charge is 0.392 e. The molecular weight excluding hydrogens is 118 g/mol. The maximum Gasteiger partial charge on any atom is 0.136 e. The highest BCUT2D eigenvalue weighted by molar-refractivity contribution is 4.67. The third kappa shape index (κ3) is 4.39. The molecule has 0 aliphatic carbocycles. The molecule has 0 amide bonds. The van der Waals surface area contributed by atoms with Crippen molar-refractivity contribution in [2.45, 2.75) is 31.9 Å². The quantitative estimate of drug-likeness (QED) is 0.466. The Hall–Kier alpha value is -0.120. The first-order valence-electron chi connectivity index (χ1n) is 3.24. The van der Waals surface area contributed by atoms with Gasteiger partial charge in [-0.15, -0.1) is 0 Å². The van der Waals surface area contributed by atoms with Crippen LogP contribution < -0.4 is 5.73 Å². The minimum absolute atomic E-state index is 0.354. The van der Waals surface area contributed by atoms with Gasteiger partial charge in [0.15, 0.2) is 0 Å². The van der Waals surface area contributed by atoms with Crippen LogP contribution in [0.2, 0.25) is 0 Å². The molecule has 0 aromatic rings. The van der Waals surface area contributed by atoms with E-state index in [9.17, 15) is 0 Å². The molecule has 0 heterocycles. The van der Waals surface area contributed by atoms with Gasteiger partial charge < -0.3 is 15.9 Å². The van der Waals surface area contributed by atoms with Gasteiger partial charge in [0.25, 0.3) is 0 Å². The van der Waals surface area contributed by atoms with Crippen LogP contribution in [-0.2, 0) is 0 Å². The monoisotopic (exact) mass is 133 g/mol. The Morgan fingerprint density at radius 2 is 2.11 bits per heavy atom. The van der Waals surface area contributed by atoms with Crippen LogP contribution in [0.5, 0.6) is 0 Å². The summed E-state index contributed by atoms with van der Waals surface area (Å²) in [5.41, 5.74) is 3.86. The zero-order valence-electron chi connectivity index (χ0n) is 5.80. The number of unbranched alkanes of at least 4 members (excludes halogenated alkanes) is 1. The fourth-order valence-corrected chi connectivity index (χ4v) is 0.562. The van der Waals surface area contributed by atoms with Gasteiger partial charge >= 0.3 is 0 Å². The van der Waals surface area contributed by atoms with Gasteiger partial charge in [-0.1, -0.05) is 13.3 Å². The summed E-state index contributed by atoms with van der Waals surface area (Å²) in [7, 11) is 0. The second-order valence-corrected chi connectivity index (χ2v) is 2.37. The number of aliphatic hydroxyl groups is 2. The summed E-state index contributed by atoms with van der Waals surface area (Å²) >= 11 is 0. The van der Waals surface area contributed by atoms with Crippen LogP contribution in [0.4, 0.5) is 0 Å². The van der Waals surface area contributed by atoms with Gasteiger partial charge in [0, 0.05) is 0 Å². The van der Waals surface area contributed by atoms with Crippen molar-refractivity contribution in [1.29, 1.82) is 0 Å². The standard InChI is InChI=1S/C6H15NO2/c1-2-3-4-6(7,9)5-8/h8-9H,2-5,7H2,1H3. The van der Waals surface area contributed by atoms with Crippen LogP contribution in [0, 0.1) is 0 Å². The number of nitrogens with two attached hydrogens (primary N) is 1. The van der Waals surface area contributed by atoms with E-state index in [1.54, 1.807) is 0 Å². The van der Waals surface area contributed by atoms with E-state index in [1.807, 2.05) is 6.92 Å². The van der Waals surface area contributed by atoms with E-state index < -0.39 is 5.72 Å². The van der Waals surface area contributed by atoms with Crippen molar-refractivity contribution in [3.8, 4) is 0 Å². The topological polar surface area (TPSA) is 66.5 Å². The van der Waals surface area contributed by atoms with E-state index in [-0.39, 0.29) is 6.61 Å². The van der Waals surface area contributed by atoms with Gasteiger partial charge in [0.05, 0.1) is 6.61 Å². The number of hydrogen-bond acceptors (Lipinski definition) is 3. The average Bonchev–Trinajstić information content (AvgIpc) is 1.84. The van der Waals surface area contributed by atoms with Gasteiger partial charge in [-0.05, 0) is 12.8 Å². The second-order valence-electron chi connectivity index (χ2n) is 2.37. The number of hydrogen-bond donors (Lipinski definition) is 3. The predicted octanol–water partition coefficient (Wildman–Crippen LogP) is -0.184. The molecule has 0 saturated carbocycles. The minimum atomic E-state index is -1.35. The maximum atomic E-state index is 8.98. The van der Waals surface area contributed by atoms with Crippen LogP contribution in [0.15, 0.2) is 0 Å². The van der Waals surface area contributed by atoms with Gasteiger partial charge in [-0.3, -0.25) is 0 Å². The van der Waals surface area contributed by atoms with Crippen LogP contribution in [0.25, 0.3) is 0 Å². The molecule has 0 bridgehead atoms. The molecule has 0 rings (SSSR count). The zero-order valence-corrected chi connectivity index (χ0v) is 5.80. The van der Waals surface area contributed by atoms with Gasteiger partial charge in [0.1, 0.15) is 5.72 Å². The lowest BCUT2D eigenvalue weighted by Gasteiger charge is -2.18. The molecule has 1 unspecified atom stereocenters. The predicted molar refractivity (Wildman–Crippen MR) is 35.7 cm³/mol. The van der Waals surface area contributed by atoms with Gasteiger partial charge in [-0.2, -0.15) is 0 Å². The van der Waals surface area contributed by atoms with E-state index in [1.165, 1.54) is 0 Å². The minimum Gasteiger partial charge on any atom is -0.392 e. The Balaban J connectivity index is 3.33. The molecule has 1 atom stereocenters. The molecule has 4 N–H and O–H groups in total. The van der Waals surface area contributed by atoms with Crippen molar-refractivity contribution in [3.63, 3.8) is 0 Å². The highest BCUT2D eigenvalue weighted by Crippen LogP contribution is 2.05. The fourth-order valence-electron chi connectivity index (χ4n) is 0.562. The molecule has 0 spiro atoms. The lowest BCUT2D eigenvalue weighted by Crippen LogP contribution is -2.43. The summed E-state index contributed by atoms with van der Waals surface area (Å²) in [4.78, 5) is 0. The van der Waals surface area contributed by atoms with E-state index >= 15 is 0 Å². The van der Waals surface area contributed by atoms with Crippen LogP contribution in [-0.4, -0.2) is 22.5 Å². The third-order valence-electron chi connectivity index (χ3n) is 1.24. The Morgan fingerprint density at radius 1 is 1.56 bits per heavy atom. The molecule has 0 aromatic heterocycles. The normalized spacial score (nSPS) is 17.3. The van der Waals surface area contributed by atoms with Crippen molar-refractivity contribution in [1.82, 2.24) is 0 Å². The van der Waals surface area contributed by atoms with Crippen LogP contribution in [0.1, 0.15) is 26.2 Å². The smallest absolute Gasteiger partial charge is 0.136 e. The van der Waals surface area contributed by atoms with E-state index in [0.717, 1.165) is 12.8 Å². The Bertz CT molecular complexity index is 73.5. The molecule has 3 nitrogen and oxygen atoms in total. The zero-order chi connectivity index (χ0) is 7.33. The van der Waals surface area contributed by atoms with Gasteiger partial charge in [-0.25, -0.2) is 0 Å². The fraction of sp³-hybridized carbons (Fsp3) is 1.00. The van der Waals surface area contributed by atoms with E-state index in [4.69, 9.17) is 15.9 Å². The summed E-state index contributed by atoms with van der Waals surface area (Å²) in [6.07, 6.45) is 2.31. The van der Waals surface area contributed by atoms with Crippen molar-refractivity contribution < 1.29 is 10.2 Å². The summed E-state index contributed by atoms with van der Waals surface area (Å²) in [6.45, 7) is 1.65. The molecule has 0 radical (unpaired) electrons. The highest BCUT2D eigenvalue weighted by Gasteiger charge is 2.17. The molecule has 0 aliphatic rings. The Kier molecular flexibility index (Phi) is 3.77. The molecule has 9 heavy (non-hydrogen) atoms. The first-order valence-corrected chi connectivity index (χ1v) is 3.24. The number of rotatable bonds is 4. The lowest BCUT2D eigenvalue weighted by molar-refractivity contribution is -0.0174. The third-order valence-corrected chi connectivity index (χ3v) is 1.24. The molecule has 3 heteroatoms. The number of aliphatic hydroxyl groups excluding tert-OH is 1. The molecule has 0 fully saturated rings. The Labute approximate surface area is 55.5 Å². The first kappa shape index (κ1) is 8.88. The first-order chi connectivity index (χ1) is 4.12. The van der Waals surface area contributed by atoms with E-state index in [2.05, 4.69) is 0 Å². The molecule has 56 valence electrons. The average molecular weight is 133 g/mol. The van der Waals surface area contributed by atoms with Gasteiger partial charge in [0.2, 0.25) is 0 Å². The van der Waals surface area contributed by atoms with Crippen molar-refractivity contribution in [2.24, 2.45) is 5.73 Å². The second kappa shape index (κ2) is 3.82. The lowest BCUT2D eigenvalue weighted by atomic mass is 10.1. The molecule has 0 aromatic carbocycles. The maximum absolute atomic E-state index is 8.98. The summed E-state index contributed by atoms with van der Waals surface area (Å²) < 4.78 is 0. The van der Waals surface area contributed by atoms with Crippen molar-refractivity contribution in [3.05, 3.63) is 0 Å². The van der Waals surface area contributed by atoms with Crippen molar-refractivity contribution in [2.75, 3.05) is 6.61 Å². The molecule has 0 saturated heterocycles.